The lowest BCUT2D eigenvalue weighted by molar-refractivity contribution is -0.149. The number of hydrogen-bond acceptors (Lipinski definition) is 7. The minimum atomic E-state index is -0.516. The summed E-state index contributed by atoms with van der Waals surface area (Å²) in [6.45, 7) is 5.61. The van der Waals surface area contributed by atoms with Gasteiger partial charge in [0.05, 0.1) is 42.2 Å². The zero-order valence-corrected chi connectivity index (χ0v) is 23.7. The van der Waals surface area contributed by atoms with Gasteiger partial charge in [0, 0.05) is 17.8 Å². The minimum absolute atomic E-state index is 0. The average molecular weight is 569 g/mol. The number of nitrogens with two attached hydrogens (primary N) is 1. The second-order valence-electron chi connectivity index (χ2n) is 10.4. The van der Waals surface area contributed by atoms with Gasteiger partial charge in [0.1, 0.15) is 18.3 Å². The number of rotatable bonds is 11. The second-order valence-corrected chi connectivity index (χ2v) is 10.4. The van der Waals surface area contributed by atoms with Gasteiger partial charge < -0.3 is 30.4 Å². The normalized spacial score (nSPS) is 17.4. The lowest BCUT2D eigenvalue weighted by atomic mass is 9.89. The van der Waals surface area contributed by atoms with Crippen LogP contribution in [0.5, 0.6) is 0 Å². The molecule has 0 radical (unpaired) electrons. The van der Waals surface area contributed by atoms with E-state index in [0.717, 1.165) is 59.4 Å². The highest BCUT2D eigenvalue weighted by Gasteiger charge is 2.55. The van der Waals surface area contributed by atoms with Gasteiger partial charge in [-0.3, -0.25) is 10.2 Å². The fraction of sp³-hybridized carbons (Fsp3) is 0.448. The number of nitrogens with one attached hydrogen (secondary N) is 3. The van der Waals surface area contributed by atoms with Gasteiger partial charge >= 0.3 is 5.97 Å². The van der Waals surface area contributed by atoms with Crippen LogP contribution in [0.1, 0.15) is 55.1 Å². The topological polar surface area (TPSA) is 146 Å². The number of H-pyrrole nitrogens is 1. The Morgan fingerprint density at radius 3 is 2.65 bits per heavy atom. The van der Waals surface area contributed by atoms with Crippen LogP contribution < -0.4 is 11.1 Å². The van der Waals surface area contributed by atoms with Crippen LogP contribution in [0.25, 0.3) is 11.0 Å². The van der Waals surface area contributed by atoms with Crippen LogP contribution in [0.3, 0.4) is 0 Å². The molecule has 2 aromatic carbocycles. The number of nitrogen functional groups attached to an aromatic ring is 1. The van der Waals surface area contributed by atoms with Crippen molar-refractivity contribution in [2.24, 2.45) is 5.73 Å². The van der Waals surface area contributed by atoms with Crippen molar-refractivity contribution in [2.75, 3.05) is 31.7 Å². The van der Waals surface area contributed by atoms with E-state index >= 15 is 0 Å². The summed E-state index contributed by atoms with van der Waals surface area (Å²) in [6.07, 6.45) is 3.44. The number of benzene rings is 2. The molecule has 2 fully saturated rings. The van der Waals surface area contributed by atoms with E-state index in [9.17, 15) is 9.59 Å². The molecule has 10 nitrogen and oxygen atoms in total. The molecule has 1 saturated heterocycles. The van der Waals surface area contributed by atoms with E-state index in [1.807, 2.05) is 42.2 Å². The smallest absolute Gasteiger partial charge is 0.332 e. The van der Waals surface area contributed by atoms with E-state index < -0.39 is 5.41 Å². The highest BCUT2D eigenvalue weighted by atomic mass is 35.5. The first kappa shape index (κ1) is 29.4. The summed E-state index contributed by atoms with van der Waals surface area (Å²) in [5, 5.41) is 10.9. The Labute approximate surface area is 239 Å². The molecule has 0 spiro atoms. The van der Waals surface area contributed by atoms with Gasteiger partial charge in [-0.1, -0.05) is 6.07 Å². The molecule has 1 unspecified atom stereocenters. The number of anilines is 1. The highest BCUT2D eigenvalue weighted by Crippen LogP contribution is 2.52. The van der Waals surface area contributed by atoms with Crippen molar-refractivity contribution in [3.05, 3.63) is 58.9 Å². The molecule has 1 atom stereocenters. The number of carbonyl (C=O) groups is 2. The third-order valence-corrected chi connectivity index (χ3v) is 7.76. The zero-order valence-electron chi connectivity index (χ0n) is 22.9. The van der Waals surface area contributed by atoms with Crippen LogP contribution in [0.15, 0.2) is 36.4 Å². The Balaban J connectivity index is 0.00000370. The first-order valence-electron chi connectivity index (χ1n) is 13.5. The Bertz CT molecular complexity index is 1390. The van der Waals surface area contributed by atoms with Gasteiger partial charge in [-0.25, -0.2) is 9.78 Å². The number of amides is 1. The molecule has 1 aliphatic carbocycles. The molecule has 2 heterocycles. The minimum Gasteiger partial charge on any atom is -0.464 e. The van der Waals surface area contributed by atoms with Gasteiger partial charge in [-0.2, -0.15) is 0 Å². The third-order valence-electron chi connectivity index (χ3n) is 7.76. The summed E-state index contributed by atoms with van der Waals surface area (Å²) in [5.74, 6) is 0.615. The van der Waals surface area contributed by atoms with Crippen molar-refractivity contribution in [1.82, 2.24) is 14.9 Å². The molecule has 1 amide bonds. The number of imidazole rings is 1. The van der Waals surface area contributed by atoms with E-state index in [1.165, 1.54) is 0 Å². The Morgan fingerprint density at radius 1 is 1.23 bits per heavy atom. The number of amidine groups is 1. The Morgan fingerprint density at radius 2 is 1.98 bits per heavy atom. The number of aryl methyl sites for hydroxylation is 1. The molecule has 5 rings (SSSR count). The van der Waals surface area contributed by atoms with Gasteiger partial charge in [-0.05, 0) is 81.0 Å². The SMILES string of the molecule is CCOC(=O)COCC1CCCN1C(=O)C1(c2ccc3[nH]c(CNc4ccc(C(=N)N)cc4)nc3c2C)CC1.Cl. The Kier molecular flexibility index (Phi) is 9.00. The van der Waals surface area contributed by atoms with Crippen LogP contribution in [0, 0.1) is 12.3 Å². The first-order valence-corrected chi connectivity index (χ1v) is 13.5. The molecule has 0 bridgehead atoms. The maximum absolute atomic E-state index is 13.9. The number of hydrogen-bond donors (Lipinski definition) is 4. The van der Waals surface area contributed by atoms with Crippen LogP contribution in [-0.2, 0) is 31.0 Å². The number of aromatic nitrogens is 2. The van der Waals surface area contributed by atoms with Crippen molar-refractivity contribution >= 4 is 46.8 Å². The molecule has 40 heavy (non-hydrogen) atoms. The highest BCUT2D eigenvalue weighted by molar-refractivity contribution is 5.95. The number of nitrogens with zero attached hydrogens (tertiary/aromatic N) is 2. The quantitative estimate of drug-likeness (QED) is 0.156. The number of ether oxygens (including phenoxy) is 2. The third kappa shape index (κ3) is 5.93. The monoisotopic (exact) mass is 568 g/mol. The molecule has 1 saturated carbocycles. The van der Waals surface area contributed by atoms with Gasteiger partial charge in [0.15, 0.2) is 0 Å². The largest absolute Gasteiger partial charge is 0.464 e. The molecule has 2 aliphatic rings. The molecule has 11 heteroatoms. The van der Waals surface area contributed by atoms with Crippen LogP contribution in [-0.4, -0.2) is 65.0 Å². The number of esters is 1. The number of fused-ring (bicyclic) bond motifs is 1. The lowest BCUT2D eigenvalue weighted by Gasteiger charge is -2.29. The summed E-state index contributed by atoms with van der Waals surface area (Å²) in [7, 11) is 0. The molecule has 5 N–H and O–H groups in total. The fourth-order valence-corrected chi connectivity index (χ4v) is 5.57. The molecule has 214 valence electrons. The van der Waals surface area contributed by atoms with Crippen molar-refractivity contribution in [3.63, 3.8) is 0 Å². The maximum Gasteiger partial charge on any atom is 0.332 e. The Hall–Kier alpha value is -3.63. The predicted octanol–water partition coefficient (Wildman–Crippen LogP) is 3.79. The summed E-state index contributed by atoms with van der Waals surface area (Å²) in [4.78, 5) is 35.7. The maximum atomic E-state index is 13.9. The number of carbonyl (C=O) groups excluding carboxylic acids is 2. The summed E-state index contributed by atoms with van der Waals surface area (Å²) in [6, 6.07) is 11.5. The van der Waals surface area contributed by atoms with Gasteiger partial charge in [0.2, 0.25) is 5.91 Å². The molecule has 1 aliphatic heterocycles. The van der Waals surface area contributed by atoms with E-state index in [2.05, 4.69) is 16.4 Å². The van der Waals surface area contributed by atoms with Crippen molar-refractivity contribution in [1.29, 1.82) is 5.41 Å². The van der Waals surface area contributed by atoms with Crippen molar-refractivity contribution in [3.8, 4) is 0 Å². The second kappa shape index (κ2) is 12.3. The lowest BCUT2D eigenvalue weighted by Crippen LogP contribution is -2.44. The zero-order chi connectivity index (χ0) is 27.6. The summed E-state index contributed by atoms with van der Waals surface area (Å²) in [5.41, 5.74) is 10.5. The molecule has 1 aromatic heterocycles. The van der Waals surface area contributed by atoms with Crippen LogP contribution in [0.4, 0.5) is 5.69 Å². The predicted molar refractivity (Wildman–Crippen MR) is 156 cm³/mol. The van der Waals surface area contributed by atoms with E-state index in [1.54, 1.807) is 6.92 Å². The molecular weight excluding hydrogens is 532 g/mol. The fourth-order valence-electron chi connectivity index (χ4n) is 5.57. The average Bonchev–Trinajstić information content (AvgIpc) is 3.39. The van der Waals surface area contributed by atoms with Gasteiger partial charge in [0.25, 0.3) is 0 Å². The number of likely N-dealkylation sites (tertiary alicyclic amines) is 1. The van der Waals surface area contributed by atoms with E-state index in [4.69, 9.17) is 25.6 Å². The van der Waals surface area contributed by atoms with Crippen molar-refractivity contribution in [2.45, 2.75) is 57.5 Å². The number of aromatic amines is 1. The number of halogens is 1. The summed E-state index contributed by atoms with van der Waals surface area (Å²) < 4.78 is 10.5. The molecular formula is C29H37ClN6O4. The summed E-state index contributed by atoms with van der Waals surface area (Å²) >= 11 is 0. The first-order chi connectivity index (χ1) is 18.8. The van der Waals surface area contributed by atoms with Crippen molar-refractivity contribution < 1.29 is 19.1 Å². The molecule has 3 aromatic rings. The standard InChI is InChI=1S/C29H36N6O4.ClH/c1-3-39-25(36)17-38-16-21-5-4-14-35(21)28(37)29(12-13-29)22-10-11-23-26(18(22)2)34-24(33-23)15-32-20-8-6-19(7-9-20)27(30)31;/h6-11,21,32H,3-5,12-17H2,1-2H3,(H3,30,31)(H,33,34);1H. The van der Waals surface area contributed by atoms with Gasteiger partial charge in [-0.15, -0.1) is 12.4 Å². The van der Waals surface area contributed by atoms with E-state index in [0.29, 0.717) is 31.9 Å². The van der Waals surface area contributed by atoms with Crippen LogP contribution >= 0.6 is 12.4 Å². The van der Waals surface area contributed by atoms with E-state index in [-0.39, 0.29) is 42.8 Å². The van der Waals surface area contributed by atoms with Crippen LogP contribution in [0.2, 0.25) is 0 Å².